The molecule has 0 aliphatic carbocycles. The number of halogens is 1. The first-order valence-electron chi connectivity index (χ1n) is 3.55. The molecule has 1 aromatic carbocycles. The number of hydrogen-bond acceptors (Lipinski definition) is 4. The highest BCUT2D eigenvalue weighted by atomic mass is 79.9. The summed E-state index contributed by atoms with van der Waals surface area (Å²) in [5, 5.41) is 8.00. The molecule has 1 aromatic heterocycles. The molecule has 2 rings (SSSR count). The molecule has 2 aromatic rings. The van der Waals surface area contributed by atoms with Gasteiger partial charge in [-0.3, -0.25) is 0 Å². The number of rotatable bonds is 2. The lowest BCUT2D eigenvalue weighted by molar-refractivity contribution is 0.470. The number of benzene rings is 1. The minimum atomic E-state index is 0.548. The summed E-state index contributed by atoms with van der Waals surface area (Å²) in [5.74, 6) is 0.749. The summed E-state index contributed by atoms with van der Waals surface area (Å²) in [6.07, 6.45) is 0. The molecular formula is C8H5BrN2OS. The standard InChI is InChI=1S/C8H5BrN2OS/c9-6-3-1-2-4-7(6)12-8-11-10-5-13-8/h1-5H. The molecule has 0 saturated carbocycles. The molecule has 0 amide bonds. The first-order chi connectivity index (χ1) is 6.36. The van der Waals surface area contributed by atoms with Gasteiger partial charge in [0, 0.05) is 0 Å². The number of para-hydroxylation sites is 1. The molecule has 5 heteroatoms. The van der Waals surface area contributed by atoms with Gasteiger partial charge < -0.3 is 4.74 Å². The van der Waals surface area contributed by atoms with Gasteiger partial charge in [0.1, 0.15) is 11.3 Å². The average Bonchev–Trinajstić information content (AvgIpc) is 2.61. The van der Waals surface area contributed by atoms with Crippen LogP contribution in [0.1, 0.15) is 0 Å². The first kappa shape index (κ1) is 8.65. The third kappa shape index (κ3) is 2.05. The molecule has 0 radical (unpaired) electrons. The smallest absolute Gasteiger partial charge is 0.299 e. The highest BCUT2D eigenvalue weighted by Crippen LogP contribution is 2.29. The van der Waals surface area contributed by atoms with Gasteiger partial charge in [0.25, 0.3) is 5.19 Å². The Morgan fingerprint density at radius 2 is 2.15 bits per heavy atom. The monoisotopic (exact) mass is 256 g/mol. The SMILES string of the molecule is Brc1ccccc1Oc1nncs1. The summed E-state index contributed by atoms with van der Waals surface area (Å²) in [6.45, 7) is 0. The largest absolute Gasteiger partial charge is 0.429 e. The van der Waals surface area contributed by atoms with Crippen LogP contribution in [0.5, 0.6) is 10.9 Å². The first-order valence-corrected chi connectivity index (χ1v) is 5.22. The molecule has 0 fully saturated rings. The van der Waals surface area contributed by atoms with Crippen LogP contribution in [0.3, 0.4) is 0 Å². The van der Waals surface area contributed by atoms with E-state index in [2.05, 4.69) is 26.1 Å². The van der Waals surface area contributed by atoms with E-state index in [0.717, 1.165) is 10.2 Å². The van der Waals surface area contributed by atoms with Gasteiger partial charge in [-0.2, -0.15) is 0 Å². The highest BCUT2D eigenvalue weighted by Gasteiger charge is 2.02. The van der Waals surface area contributed by atoms with Crippen LogP contribution in [0, 0.1) is 0 Å². The lowest BCUT2D eigenvalue weighted by atomic mass is 10.3. The van der Waals surface area contributed by atoms with Crippen molar-refractivity contribution in [1.82, 2.24) is 10.2 Å². The van der Waals surface area contributed by atoms with Crippen molar-refractivity contribution in [3.8, 4) is 10.9 Å². The van der Waals surface area contributed by atoms with Gasteiger partial charge in [-0.25, -0.2) is 0 Å². The van der Waals surface area contributed by atoms with Crippen molar-refractivity contribution in [3.63, 3.8) is 0 Å². The van der Waals surface area contributed by atoms with Crippen LogP contribution >= 0.6 is 27.3 Å². The van der Waals surface area contributed by atoms with Crippen molar-refractivity contribution >= 4 is 27.3 Å². The number of hydrogen-bond donors (Lipinski definition) is 0. The van der Waals surface area contributed by atoms with Gasteiger partial charge in [0.2, 0.25) is 0 Å². The van der Waals surface area contributed by atoms with Gasteiger partial charge in [-0.1, -0.05) is 28.6 Å². The Labute approximate surface area is 87.5 Å². The Morgan fingerprint density at radius 3 is 2.85 bits per heavy atom. The minimum absolute atomic E-state index is 0.548. The lowest BCUT2D eigenvalue weighted by Gasteiger charge is -2.01. The van der Waals surface area contributed by atoms with Crippen molar-refractivity contribution in [3.05, 3.63) is 34.2 Å². The third-order valence-electron chi connectivity index (χ3n) is 1.37. The fourth-order valence-electron chi connectivity index (χ4n) is 0.829. The molecule has 3 nitrogen and oxygen atoms in total. The second-order valence-electron chi connectivity index (χ2n) is 2.24. The summed E-state index contributed by atoms with van der Waals surface area (Å²) in [5.41, 5.74) is 1.63. The summed E-state index contributed by atoms with van der Waals surface area (Å²) in [7, 11) is 0. The molecule has 0 bridgehead atoms. The molecule has 1 heterocycles. The predicted molar refractivity (Wildman–Crippen MR) is 54.1 cm³/mol. The topological polar surface area (TPSA) is 35.0 Å². The number of ether oxygens (including phenoxy) is 1. The Balaban J connectivity index is 2.24. The quantitative estimate of drug-likeness (QED) is 0.829. The summed E-state index contributed by atoms with van der Waals surface area (Å²) >= 11 is 4.73. The summed E-state index contributed by atoms with van der Waals surface area (Å²) in [6, 6.07) is 7.61. The Morgan fingerprint density at radius 1 is 1.31 bits per heavy atom. The van der Waals surface area contributed by atoms with Crippen molar-refractivity contribution in [2.75, 3.05) is 0 Å². The van der Waals surface area contributed by atoms with E-state index in [4.69, 9.17) is 4.74 Å². The van der Waals surface area contributed by atoms with Gasteiger partial charge >= 0.3 is 0 Å². The maximum Gasteiger partial charge on any atom is 0.299 e. The van der Waals surface area contributed by atoms with Gasteiger partial charge in [0.05, 0.1) is 4.47 Å². The molecule has 0 unspecified atom stereocenters. The van der Waals surface area contributed by atoms with Crippen molar-refractivity contribution < 1.29 is 4.74 Å². The number of nitrogens with zero attached hydrogens (tertiary/aromatic N) is 2. The zero-order valence-electron chi connectivity index (χ0n) is 6.48. The van der Waals surface area contributed by atoms with Crippen LogP contribution in [-0.4, -0.2) is 10.2 Å². The summed E-state index contributed by atoms with van der Waals surface area (Å²) < 4.78 is 6.35. The average molecular weight is 257 g/mol. The van der Waals surface area contributed by atoms with E-state index in [-0.39, 0.29) is 0 Å². The molecule has 13 heavy (non-hydrogen) atoms. The third-order valence-corrected chi connectivity index (χ3v) is 2.60. The predicted octanol–water partition coefficient (Wildman–Crippen LogP) is 3.09. The molecule has 0 N–H and O–H groups in total. The van der Waals surface area contributed by atoms with Crippen molar-refractivity contribution in [2.45, 2.75) is 0 Å². The van der Waals surface area contributed by atoms with E-state index in [1.807, 2.05) is 24.3 Å². The highest BCUT2D eigenvalue weighted by molar-refractivity contribution is 9.10. The Kier molecular flexibility index (Phi) is 2.56. The fraction of sp³-hybridized carbons (Fsp3) is 0. The molecular weight excluding hydrogens is 252 g/mol. The molecule has 0 aliphatic heterocycles. The molecule has 0 aliphatic rings. The van der Waals surface area contributed by atoms with E-state index in [1.165, 1.54) is 11.3 Å². The number of aromatic nitrogens is 2. The second kappa shape index (κ2) is 3.85. The van der Waals surface area contributed by atoms with Crippen LogP contribution in [0.15, 0.2) is 34.2 Å². The Hall–Kier alpha value is -0.940. The van der Waals surface area contributed by atoms with Gasteiger partial charge in [-0.05, 0) is 28.1 Å². The fourth-order valence-corrected chi connectivity index (χ4v) is 1.61. The Bertz CT molecular complexity index is 391. The molecule has 0 spiro atoms. The lowest BCUT2D eigenvalue weighted by Crippen LogP contribution is -1.83. The zero-order chi connectivity index (χ0) is 9.10. The van der Waals surface area contributed by atoms with Gasteiger partial charge in [0.15, 0.2) is 0 Å². The minimum Gasteiger partial charge on any atom is -0.429 e. The molecule has 0 atom stereocenters. The van der Waals surface area contributed by atoms with Crippen molar-refractivity contribution in [1.29, 1.82) is 0 Å². The van der Waals surface area contributed by atoms with Gasteiger partial charge in [-0.15, -0.1) is 5.10 Å². The van der Waals surface area contributed by atoms with E-state index >= 15 is 0 Å². The van der Waals surface area contributed by atoms with E-state index < -0.39 is 0 Å². The maximum atomic E-state index is 5.45. The normalized spacial score (nSPS) is 9.92. The van der Waals surface area contributed by atoms with Crippen LogP contribution in [0.2, 0.25) is 0 Å². The van der Waals surface area contributed by atoms with Crippen LogP contribution < -0.4 is 4.74 Å². The van der Waals surface area contributed by atoms with Crippen LogP contribution in [0.25, 0.3) is 0 Å². The van der Waals surface area contributed by atoms with Crippen LogP contribution in [0.4, 0.5) is 0 Å². The zero-order valence-corrected chi connectivity index (χ0v) is 8.88. The molecule has 66 valence electrons. The van der Waals surface area contributed by atoms with E-state index in [0.29, 0.717) is 5.19 Å². The second-order valence-corrected chi connectivity index (χ2v) is 3.89. The van der Waals surface area contributed by atoms with Crippen molar-refractivity contribution in [2.24, 2.45) is 0 Å². The summed E-state index contributed by atoms with van der Waals surface area (Å²) in [4.78, 5) is 0. The van der Waals surface area contributed by atoms with Crippen LogP contribution in [-0.2, 0) is 0 Å². The van der Waals surface area contributed by atoms with E-state index in [9.17, 15) is 0 Å². The molecule has 0 saturated heterocycles. The van der Waals surface area contributed by atoms with E-state index in [1.54, 1.807) is 5.51 Å². The maximum absolute atomic E-state index is 5.45.